The molecule has 1 aromatic carbocycles. The highest BCUT2D eigenvalue weighted by atomic mass is 16.4. The number of carbonyl (C=O) groups is 4. The lowest BCUT2D eigenvalue weighted by Gasteiger charge is -2.29. The van der Waals surface area contributed by atoms with Gasteiger partial charge in [0.05, 0.1) is 11.1 Å². The first-order chi connectivity index (χ1) is 11.9. The first-order valence-corrected chi connectivity index (χ1v) is 8.45. The minimum Gasteiger partial charge on any atom is -0.480 e. The summed E-state index contributed by atoms with van der Waals surface area (Å²) in [7, 11) is 0. The van der Waals surface area contributed by atoms with Crippen LogP contribution >= 0.6 is 0 Å². The smallest absolute Gasteiger partial charge is 0.325 e. The number of carbonyl (C=O) groups excluding carboxylic acids is 3. The number of fused-ring (bicyclic) bond motifs is 1. The molecule has 7 nitrogen and oxygen atoms in total. The van der Waals surface area contributed by atoms with Gasteiger partial charge in [0, 0.05) is 11.6 Å². The number of hydrogen-bond donors (Lipinski definition) is 2. The van der Waals surface area contributed by atoms with Crippen LogP contribution in [0, 0.1) is 0 Å². The lowest BCUT2D eigenvalue weighted by atomic mass is 9.94. The van der Waals surface area contributed by atoms with Gasteiger partial charge < -0.3 is 10.4 Å². The molecule has 1 atom stereocenters. The molecule has 0 bridgehead atoms. The summed E-state index contributed by atoms with van der Waals surface area (Å²) >= 11 is 0. The van der Waals surface area contributed by atoms with E-state index in [0.29, 0.717) is 5.56 Å². The summed E-state index contributed by atoms with van der Waals surface area (Å²) in [5.41, 5.74) is 0.683. The lowest BCUT2D eigenvalue weighted by Crippen LogP contribution is -2.40. The molecule has 1 aliphatic carbocycles. The summed E-state index contributed by atoms with van der Waals surface area (Å²) in [6, 6.07) is 3.17. The monoisotopic (exact) mass is 344 g/mol. The molecule has 0 spiro atoms. The van der Waals surface area contributed by atoms with Gasteiger partial charge in [-0.3, -0.25) is 24.1 Å². The average molecular weight is 344 g/mol. The van der Waals surface area contributed by atoms with E-state index in [1.165, 1.54) is 30.0 Å². The minimum absolute atomic E-state index is 0.0783. The Labute approximate surface area is 145 Å². The van der Waals surface area contributed by atoms with Crippen molar-refractivity contribution in [3.8, 4) is 0 Å². The normalized spacial score (nSPS) is 18.8. The van der Waals surface area contributed by atoms with Crippen LogP contribution in [0.15, 0.2) is 18.2 Å². The van der Waals surface area contributed by atoms with E-state index in [1.807, 2.05) is 0 Å². The predicted octanol–water partition coefficient (Wildman–Crippen LogP) is 1.82. The van der Waals surface area contributed by atoms with Gasteiger partial charge in [0.15, 0.2) is 0 Å². The number of amides is 3. The van der Waals surface area contributed by atoms with Gasteiger partial charge in [-0.25, -0.2) is 0 Å². The predicted molar refractivity (Wildman–Crippen MR) is 88.4 cm³/mol. The molecule has 1 aromatic rings. The first-order valence-electron chi connectivity index (χ1n) is 8.45. The summed E-state index contributed by atoms with van der Waals surface area (Å²) in [5, 5.41) is 11.2. The summed E-state index contributed by atoms with van der Waals surface area (Å²) in [6.07, 6.45) is 4.74. The Kier molecular flexibility index (Phi) is 4.57. The lowest BCUT2D eigenvalue weighted by molar-refractivity contribution is -0.138. The fourth-order valence-corrected chi connectivity index (χ4v) is 3.41. The van der Waals surface area contributed by atoms with Crippen LogP contribution in [-0.2, 0) is 4.79 Å². The average Bonchev–Trinajstić information content (AvgIpc) is 2.86. The third kappa shape index (κ3) is 3.14. The Balaban J connectivity index is 1.84. The number of benzene rings is 1. The van der Waals surface area contributed by atoms with E-state index in [1.54, 1.807) is 0 Å². The van der Waals surface area contributed by atoms with E-state index in [-0.39, 0.29) is 29.0 Å². The van der Waals surface area contributed by atoms with Gasteiger partial charge in [-0.2, -0.15) is 0 Å². The van der Waals surface area contributed by atoms with Crippen LogP contribution in [0.3, 0.4) is 0 Å². The summed E-state index contributed by atoms with van der Waals surface area (Å²) < 4.78 is 0. The van der Waals surface area contributed by atoms with E-state index in [0.717, 1.165) is 32.1 Å². The molecule has 132 valence electrons. The summed E-state index contributed by atoms with van der Waals surface area (Å²) in [6.45, 7) is 1.35. The highest BCUT2D eigenvalue weighted by Gasteiger charge is 2.40. The summed E-state index contributed by atoms with van der Waals surface area (Å²) in [5.74, 6) is -2.41. The maximum atomic E-state index is 12.7. The van der Waals surface area contributed by atoms with Crippen molar-refractivity contribution in [3.63, 3.8) is 0 Å². The van der Waals surface area contributed by atoms with Crippen molar-refractivity contribution in [2.24, 2.45) is 0 Å². The number of carboxylic acids is 1. The molecule has 1 unspecified atom stereocenters. The van der Waals surface area contributed by atoms with Crippen LogP contribution in [-0.4, -0.2) is 45.8 Å². The Bertz CT molecular complexity index is 752. The van der Waals surface area contributed by atoms with Crippen LogP contribution in [0.2, 0.25) is 0 Å². The molecule has 1 saturated carbocycles. The maximum absolute atomic E-state index is 12.7. The fourth-order valence-electron chi connectivity index (χ4n) is 3.41. The molecule has 0 saturated heterocycles. The number of carboxylic acid groups (broad SMARTS) is 1. The molecular weight excluding hydrogens is 324 g/mol. The van der Waals surface area contributed by atoms with Gasteiger partial charge >= 0.3 is 5.97 Å². The minimum atomic E-state index is -1.15. The first kappa shape index (κ1) is 17.1. The van der Waals surface area contributed by atoms with Crippen LogP contribution in [0.25, 0.3) is 0 Å². The molecule has 25 heavy (non-hydrogen) atoms. The van der Waals surface area contributed by atoms with E-state index in [9.17, 15) is 19.2 Å². The zero-order valence-corrected chi connectivity index (χ0v) is 13.9. The number of nitrogens with one attached hydrogen (secondary N) is 1. The Morgan fingerprint density at radius 3 is 2.40 bits per heavy atom. The number of imide groups is 1. The molecule has 7 heteroatoms. The van der Waals surface area contributed by atoms with Crippen molar-refractivity contribution in [2.75, 3.05) is 0 Å². The standard InChI is InChI=1S/C18H20N2O5/c1-10(18(24)25)19-15(21)11-7-8-13-14(9-11)17(23)20(16(13)22)12-5-3-2-4-6-12/h7-10,12H,2-6H2,1H3,(H,19,21)(H,24,25). The largest absolute Gasteiger partial charge is 0.480 e. The molecule has 1 fully saturated rings. The third-order valence-electron chi connectivity index (χ3n) is 4.84. The third-order valence-corrected chi connectivity index (χ3v) is 4.84. The zero-order chi connectivity index (χ0) is 18.1. The second-order valence-electron chi connectivity index (χ2n) is 6.57. The fraction of sp³-hybridized carbons (Fsp3) is 0.444. The second-order valence-corrected chi connectivity index (χ2v) is 6.57. The van der Waals surface area contributed by atoms with E-state index in [2.05, 4.69) is 5.32 Å². The van der Waals surface area contributed by atoms with Gasteiger partial charge in [0.2, 0.25) is 0 Å². The Morgan fingerprint density at radius 1 is 1.12 bits per heavy atom. The molecule has 2 N–H and O–H groups in total. The molecule has 3 rings (SSSR count). The number of nitrogens with zero attached hydrogens (tertiary/aromatic N) is 1. The van der Waals surface area contributed by atoms with E-state index >= 15 is 0 Å². The number of aliphatic carboxylic acids is 1. The van der Waals surface area contributed by atoms with Crippen molar-refractivity contribution in [1.29, 1.82) is 0 Å². The zero-order valence-electron chi connectivity index (χ0n) is 13.9. The van der Waals surface area contributed by atoms with Crippen LogP contribution in [0.1, 0.15) is 70.1 Å². The van der Waals surface area contributed by atoms with Gasteiger partial charge in [-0.1, -0.05) is 19.3 Å². The molecule has 1 aliphatic heterocycles. The van der Waals surface area contributed by atoms with Gasteiger partial charge in [-0.15, -0.1) is 0 Å². The van der Waals surface area contributed by atoms with Crippen LogP contribution in [0.4, 0.5) is 0 Å². The summed E-state index contributed by atoms with van der Waals surface area (Å²) in [4.78, 5) is 49.6. The van der Waals surface area contributed by atoms with E-state index < -0.39 is 17.9 Å². The highest BCUT2D eigenvalue weighted by molar-refractivity contribution is 6.22. The quantitative estimate of drug-likeness (QED) is 0.811. The van der Waals surface area contributed by atoms with Gasteiger partial charge in [0.25, 0.3) is 17.7 Å². The van der Waals surface area contributed by atoms with Gasteiger partial charge in [0.1, 0.15) is 6.04 Å². The SMILES string of the molecule is CC(NC(=O)c1ccc2c(c1)C(=O)N(C1CCCCC1)C2=O)C(=O)O. The maximum Gasteiger partial charge on any atom is 0.325 e. The van der Waals surface area contributed by atoms with Crippen molar-refractivity contribution in [1.82, 2.24) is 10.2 Å². The molecule has 3 amide bonds. The van der Waals surface area contributed by atoms with E-state index in [4.69, 9.17) is 5.11 Å². The van der Waals surface area contributed by atoms with Crippen molar-refractivity contribution >= 4 is 23.7 Å². The number of rotatable bonds is 4. The van der Waals surface area contributed by atoms with Crippen molar-refractivity contribution in [3.05, 3.63) is 34.9 Å². The topological polar surface area (TPSA) is 104 Å². The molecule has 2 aliphatic rings. The van der Waals surface area contributed by atoms with Gasteiger partial charge in [-0.05, 0) is 38.0 Å². The molecule has 0 aromatic heterocycles. The number of hydrogen-bond acceptors (Lipinski definition) is 4. The van der Waals surface area contributed by atoms with Crippen molar-refractivity contribution in [2.45, 2.75) is 51.1 Å². The Morgan fingerprint density at radius 2 is 1.76 bits per heavy atom. The molecule has 0 radical (unpaired) electrons. The van der Waals surface area contributed by atoms with Crippen molar-refractivity contribution < 1.29 is 24.3 Å². The second kappa shape index (κ2) is 6.66. The van der Waals surface area contributed by atoms with Crippen LogP contribution < -0.4 is 5.32 Å². The Hall–Kier alpha value is -2.70. The van der Waals surface area contributed by atoms with Crippen LogP contribution in [0.5, 0.6) is 0 Å². The molecule has 1 heterocycles. The molecular formula is C18H20N2O5. The highest BCUT2D eigenvalue weighted by Crippen LogP contribution is 2.31.